The molecule has 0 spiro atoms. The third-order valence-electron chi connectivity index (χ3n) is 10.0. The van der Waals surface area contributed by atoms with Crippen LogP contribution in [0.25, 0.3) is 0 Å². The fraction of sp³-hybridized carbons (Fsp3) is 0.756. The Balaban J connectivity index is 6.29. The second-order valence-electron chi connectivity index (χ2n) is 16.7. The summed E-state index contributed by atoms with van der Waals surface area (Å²) in [4.78, 5) is 129. The lowest BCUT2D eigenvalue weighted by atomic mass is 9.95. The summed E-state index contributed by atoms with van der Waals surface area (Å²) in [6, 6.07) is -10.5. The average molecular weight is 932 g/mol. The predicted octanol–water partition coefficient (Wildman–Crippen LogP) is -0.828. The van der Waals surface area contributed by atoms with Gasteiger partial charge < -0.3 is 64.0 Å². The highest BCUT2D eigenvalue weighted by Gasteiger charge is 2.36. The van der Waals surface area contributed by atoms with E-state index in [2.05, 4.69) is 37.2 Å². The van der Waals surface area contributed by atoms with Gasteiger partial charge in [0.05, 0.1) is 12.5 Å². The normalized spacial score (nSPS) is 15.4. The van der Waals surface area contributed by atoms with Gasteiger partial charge >= 0.3 is 17.9 Å². The van der Waals surface area contributed by atoms with Crippen molar-refractivity contribution in [3.63, 3.8) is 0 Å². The Bertz CT molecular complexity index is 1590. The number of unbranched alkanes of at least 4 members (excludes halogenated alkanes) is 1. The zero-order valence-corrected chi connectivity index (χ0v) is 39.1. The van der Waals surface area contributed by atoms with E-state index in [1.165, 1.54) is 18.7 Å². The maximum Gasteiger partial charge on any atom is 0.326 e. The van der Waals surface area contributed by atoms with E-state index in [0.717, 1.165) is 0 Å². The highest BCUT2D eigenvalue weighted by Crippen LogP contribution is 2.14. The fourth-order valence-corrected chi connectivity index (χ4v) is 6.66. The van der Waals surface area contributed by atoms with Crippen molar-refractivity contribution in [2.45, 2.75) is 161 Å². The molecule has 64 heavy (non-hydrogen) atoms. The highest BCUT2D eigenvalue weighted by atomic mass is 32.2. The van der Waals surface area contributed by atoms with Crippen molar-refractivity contribution < 1.29 is 63.3 Å². The minimum Gasteiger partial charge on any atom is -0.481 e. The van der Waals surface area contributed by atoms with Gasteiger partial charge in [-0.3, -0.25) is 43.2 Å². The molecule has 0 aromatic heterocycles. The van der Waals surface area contributed by atoms with Crippen LogP contribution in [-0.2, 0) is 47.9 Å². The average Bonchev–Trinajstić information content (AvgIpc) is 3.20. The lowest BCUT2D eigenvalue weighted by Crippen LogP contribution is -2.61. The van der Waals surface area contributed by atoms with Gasteiger partial charge in [-0.05, 0) is 88.2 Å². The number of hydrogen-bond donors (Lipinski definition) is 12. The van der Waals surface area contributed by atoms with E-state index in [9.17, 15) is 63.3 Å². The van der Waals surface area contributed by atoms with E-state index < -0.39 is 126 Å². The van der Waals surface area contributed by atoms with Crippen molar-refractivity contribution in [1.29, 1.82) is 0 Å². The maximum absolute atomic E-state index is 14.0. The number of carbonyl (C=O) groups excluding carboxylic acids is 7. The van der Waals surface area contributed by atoms with Crippen LogP contribution in [0.1, 0.15) is 113 Å². The molecule has 0 aliphatic rings. The smallest absolute Gasteiger partial charge is 0.326 e. The Morgan fingerprint density at radius 2 is 1.03 bits per heavy atom. The van der Waals surface area contributed by atoms with Gasteiger partial charge in [-0.2, -0.15) is 11.8 Å². The number of nitrogens with two attached hydrogens (primary N) is 2. The van der Waals surface area contributed by atoms with Gasteiger partial charge in [0.25, 0.3) is 0 Å². The molecule has 0 bridgehead atoms. The Kier molecular flexibility index (Phi) is 28.5. The SMILES string of the molecule is CCC(C)C(NC(=O)C(CC(C)C)NC(=O)C(C)NC(=O)C(CCC(=O)O)NC(=O)C(N)CCSC)C(=O)NC(CC(C)C)C(=O)NC(CC(=O)O)C(=O)NC(CCCCN)C(=O)O. The summed E-state index contributed by atoms with van der Waals surface area (Å²) in [6.07, 6.45) is 1.76. The molecule has 0 saturated carbocycles. The monoisotopic (exact) mass is 932 g/mol. The summed E-state index contributed by atoms with van der Waals surface area (Å²) < 4.78 is 0. The molecule has 0 aliphatic carbocycles. The maximum atomic E-state index is 14.0. The third-order valence-corrected chi connectivity index (χ3v) is 10.7. The Morgan fingerprint density at radius 1 is 0.547 bits per heavy atom. The van der Waals surface area contributed by atoms with Crippen molar-refractivity contribution in [2.75, 3.05) is 18.6 Å². The second-order valence-corrected chi connectivity index (χ2v) is 17.7. The minimum atomic E-state index is -1.71. The van der Waals surface area contributed by atoms with Crippen LogP contribution in [0.15, 0.2) is 0 Å². The summed E-state index contributed by atoms with van der Waals surface area (Å²) >= 11 is 1.46. The first-order valence-electron chi connectivity index (χ1n) is 21.6. The number of carboxylic acids is 3. The molecule has 0 rings (SSSR count). The first-order valence-corrected chi connectivity index (χ1v) is 23.0. The van der Waals surface area contributed by atoms with Crippen molar-refractivity contribution >= 4 is 71.0 Å². The summed E-state index contributed by atoms with van der Waals surface area (Å²) in [5.74, 6) is -10.3. The highest BCUT2D eigenvalue weighted by molar-refractivity contribution is 7.98. The standard InChI is InChI=1S/C41H73N9O13S/c1-9-23(6)33(40(61)49-28(18-21(2)3)37(58)48-30(20-32(53)54)38(59)46-27(41(62)63)12-10-11-16-42)50-39(60)29(19-22(4)5)47-34(55)24(7)44-36(57)26(13-14-31(51)52)45-35(56)25(43)15-17-64-8/h21-30,33H,9-20,42-43H2,1-8H3,(H,44,57)(H,45,56)(H,46,59)(H,47,55)(H,48,58)(H,49,61)(H,50,60)(H,51,52)(H,53,54)(H,62,63). The lowest BCUT2D eigenvalue weighted by Gasteiger charge is -2.30. The van der Waals surface area contributed by atoms with Crippen molar-refractivity contribution in [1.82, 2.24) is 37.2 Å². The van der Waals surface area contributed by atoms with Crippen LogP contribution in [-0.4, -0.2) is 141 Å². The zero-order valence-electron chi connectivity index (χ0n) is 38.3. The van der Waals surface area contributed by atoms with E-state index in [0.29, 0.717) is 31.4 Å². The van der Waals surface area contributed by atoms with Gasteiger partial charge in [0, 0.05) is 6.42 Å². The molecule has 0 aromatic rings. The molecule has 23 heteroatoms. The molecule has 0 aliphatic heterocycles. The molecule has 0 fully saturated rings. The quantitative estimate of drug-likeness (QED) is 0.0358. The van der Waals surface area contributed by atoms with E-state index in [4.69, 9.17) is 11.5 Å². The van der Waals surface area contributed by atoms with Crippen molar-refractivity contribution in [2.24, 2.45) is 29.2 Å². The van der Waals surface area contributed by atoms with Crippen LogP contribution >= 0.6 is 11.8 Å². The number of thioether (sulfide) groups is 1. The van der Waals surface area contributed by atoms with Crippen LogP contribution in [0.4, 0.5) is 0 Å². The summed E-state index contributed by atoms with van der Waals surface area (Å²) in [5.41, 5.74) is 11.4. The van der Waals surface area contributed by atoms with Crippen LogP contribution in [0.3, 0.4) is 0 Å². The van der Waals surface area contributed by atoms with Crippen molar-refractivity contribution in [3.05, 3.63) is 0 Å². The molecule has 0 aromatic carbocycles. The molecule has 7 amide bonds. The molecular weight excluding hydrogens is 859 g/mol. The fourth-order valence-electron chi connectivity index (χ4n) is 6.17. The Labute approximate surface area is 379 Å². The summed E-state index contributed by atoms with van der Waals surface area (Å²) in [7, 11) is 0. The van der Waals surface area contributed by atoms with Gasteiger partial charge in [0.2, 0.25) is 41.4 Å². The van der Waals surface area contributed by atoms with E-state index in [-0.39, 0.29) is 44.1 Å². The number of carbonyl (C=O) groups is 10. The molecule has 0 saturated heterocycles. The predicted molar refractivity (Wildman–Crippen MR) is 238 cm³/mol. The molecule has 366 valence electrons. The van der Waals surface area contributed by atoms with E-state index in [1.54, 1.807) is 41.5 Å². The van der Waals surface area contributed by atoms with Gasteiger partial charge in [-0.25, -0.2) is 4.79 Å². The number of carboxylic acid groups (broad SMARTS) is 3. The molecule has 9 atom stereocenters. The van der Waals surface area contributed by atoms with Gasteiger partial charge in [0.1, 0.15) is 42.3 Å². The number of rotatable bonds is 33. The van der Waals surface area contributed by atoms with Gasteiger partial charge in [0.15, 0.2) is 0 Å². The Morgan fingerprint density at radius 3 is 1.52 bits per heavy atom. The van der Waals surface area contributed by atoms with Crippen LogP contribution in [0.5, 0.6) is 0 Å². The number of aliphatic carboxylic acids is 3. The number of amides is 7. The zero-order chi connectivity index (χ0) is 49.3. The molecule has 0 heterocycles. The van der Waals surface area contributed by atoms with E-state index >= 15 is 0 Å². The molecule has 14 N–H and O–H groups in total. The lowest BCUT2D eigenvalue weighted by molar-refractivity contribution is -0.144. The van der Waals surface area contributed by atoms with Gasteiger partial charge in [-0.15, -0.1) is 0 Å². The van der Waals surface area contributed by atoms with Crippen molar-refractivity contribution in [3.8, 4) is 0 Å². The first-order chi connectivity index (χ1) is 29.9. The van der Waals surface area contributed by atoms with Crippen LogP contribution < -0.4 is 48.7 Å². The molecule has 0 radical (unpaired) electrons. The largest absolute Gasteiger partial charge is 0.481 e. The molecule has 9 unspecified atom stereocenters. The third kappa shape index (κ3) is 23.6. The number of nitrogens with one attached hydrogen (secondary N) is 7. The topological polar surface area (TPSA) is 368 Å². The van der Waals surface area contributed by atoms with Crippen LogP contribution in [0.2, 0.25) is 0 Å². The minimum absolute atomic E-state index is 0.00427. The summed E-state index contributed by atoms with van der Waals surface area (Å²) in [6.45, 7) is 12.1. The van der Waals surface area contributed by atoms with Crippen LogP contribution in [0, 0.1) is 17.8 Å². The molecule has 22 nitrogen and oxygen atoms in total. The first kappa shape index (κ1) is 59.0. The number of hydrogen-bond acceptors (Lipinski definition) is 13. The second kappa shape index (κ2) is 30.9. The Hall–Kier alpha value is -5.03. The van der Waals surface area contributed by atoms with Gasteiger partial charge in [-0.1, -0.05) is 48.0 Å². The summed E-state index contributed by atoms with van der Waals surface area (Å²) in [5, 5.41) is 45.8. The van der Waals surface area contributed by atoms with E-state index in [1.807, 2.05) is 6.26 Å². The molecular formula is C41H73N9O13S.